The van der Waals surface area contributed by atoms with E-state index in [2.05, 4.69) is 15.5 Å². The number of nitro benzene ring substituents is 1. The Labute approximate surface area is 157 Å². The zero-order chi connectivity index (χ0) is 19.9. The van der Waals surface area contributed by atoms with Crippen molar-refractivity contribution in [1.29, 1.82) is 0 Å². The van der Waals surface area contributed by atoms with Gasteiger partial charge >= 0.3 is 0 Å². The van der Waals surface area contributed by atoms with Crippen LogP contribution in [0.25, 0.3) is 0 Å². The van der Waals surface area contributed by atoms with E-state index in [1.807, 2.05) is 13.8 Å². The van der Waals surface area contributed by atoms with Gasteiger partial charge in [0.05, 0.1) is 10.5 Å². The van der Waals surface area contributed by atoms with E-state index in [0.717, 1.165) is 16.0 Å². The second-order valence-corrected chi connectivity index (χ2v) is 7.21. The van der Waals surface area contributed by atoms with Crippen molar-refractivity contribution in [2.75, 3.05) is 5.32 Å². The van der Waals surface area contributed by atoms with Crippen LogP contribution >= 0.6 is 11.3 Å². The summed E-state index contributed by atoms with van der Waals surface area (Å²) >= 11 is 1.19. The number of benzene rings is 1. The van der Waals surface area contributed by atoms with Gasteiger partial charge in [-0.05, 0) is 13.0 Å². The number of imide groups is 1. The van der Waals surface area contributed by atoms with Gasteiger partial charge in [-0.3, -0.25) is 34.7 Å². The molecule has 2 aromatic rings. The van der Waals surface area contributed by atoms with Crippen molar-refractivity contribution in [1.82, 2.24) is 15.1 Å². The van der Waals surface area contributed by atoms with E-state index in [1.165, 1.54) is 30.4 Å². The first kappa shape index (κ1) is 18.6. The van der Waals surface area contributed by atoms with Crippen LogP contribution in [0, 0.1) is 10.1 Å². The Hall–Kier alpha value is -3.21. The number of nitro groups is 1. The van der Waals surface area contributed by atoms with Crippen molar-refractivity contribution in [3.05, 3.63) is 44.4 Å². The number of rotatable bonds is 5. The third-order valence-electron chi connectivity index (χ3n) is 4.05. The van der Waals surface area contributed by atoms with Crippen LogP contribution in [-0.2, 0) is 4.79 Å². The highest BCUT2D eigenvalue weighted by atomic mass is 32.1. The van der Waals surface area contributed by atoms with Crippen LogP contribution in [0.15, 0.2) is 18.2 Å². The molecule has 0 radical (unpaired) electrons. The van der Waals surface area contributed by atoms with Gasteiger partial charge in [0, 0.05) is 12.0 Å². The van der Waals surface area contributed by atoms with Crippen molar-refractivity contribution in [3.63, 3.8) is 0 Å². The minimum Gasteiger partial charge on any atom is -0.299 e. The van der Waals surface area contributed by atoms with Crippen molar-refractivity contribution in [2.24, 2.45) is 0 Å². The number of carbonyl (C=O) groups is 3. The van der Waals surface area contributed by atoms with Crippen molar-refractivity contribution >= 4 is 39.9 Å². The van der Waals surface area contributed by atoms with E-state index >= 15 is 0 Å². The smallest absolute Gasteiger partial charge is 0.282 e. The fourth-order valence-corrected chi connectivity index (χ4v) is 3.38. The van der Waals surface area contributed by atoms with Crippen LogP contribution in [0.4, 0.5) is 10.8 Å². The quantitative estimate of drug-likeness (QED) is 0.470. The molecule has 140 valence electrons. The van der Waals surface area contributed by atoms with Gasteiger partial charge in [-0.25, -0.2) is 0 Å². The molecule has 27 heavy (non-hydrogen) atoms. The first-order valence-corrected chi connectivity index (χ1v) is 8.83. The van der Waals surface area contributed by atoms with E-state index < -0.39 is 34.4 Å². The van der Waals surface area contributed by atoms with Crippen LogP contribution in [0.5, 0.6) is 0 Å². The molecule has 1 atom stereocenters. The highest BCUT2D eigenvalue weighted by Crippen LogP contribution is 2.32. The predicted octanol–water partition coefficient (Wildman–Crippen LogP) is 2.19. The lowest BCUT2D eigenvalue weighted by Crippen LogP contribution is -2.45. The molecule has 1 aromatic carbocycles. The highest BCUT2D eigenvalue weighted by molar-refractivity contribution is 7.15. The topological polar surface area (TPSA) is 135 Å². The van der Waals surface area contributed by atoms with Crippen LogP contribution in [-0.4, -0.2) is 43.8 Å². The Morgan fingerprint density at radius 3 is 2.52 bits per heavy atom. The first-order chi connectivity index (χ1) is 12.7. The summed E-state index contributed by atoms with van der Waals surface area (Å²) in [5.74, 6) is -2.12. The Balaban J connectivity index is 1.84. The number of aromatic nitrogens is 2. The van der Waals surface area contributed by atoms with Crippen molar-refractivity contribution < 1.29 is 19.3 Å². The van der Waals surface area contributed by atoms with Crippen LogP contribution in [0.1, 0.15) is 52.4 Å². The molecule has 0 unspecified atom stereocenters. The van der Waals surface area contributed by atoms with E-state index in [-0.39, 0.29) is 22.2 Å². The Kier molecular flexibility index (Phi) is 4.70. The van der Waals surface area contributed by atoms with Gasteiger partial charge < -0.3 is 0 Å². The largest absolute Gasteiger partial charge is 0.299 e. The van der Waals surface area contributed by atoms with Gasteiger partial charge in [0.15, 0.2) is 0 Å². The molecule has 11 heteroatoms. The fourth-order valence-electron chi connectivity index (χ4n) is 2.63. The van der Waals surface area contributed by atoms with E-state index in [4.69, 9.17) is 0 Å². The summed E-state index contributed by atoms with van der Waals surface area (Å²) < 4.78 is 0. The first-order valence-electron chi connectivity index (χ1n) is 8.02. The fraction of sp³-hybridized carbons (Fsp3) is 0.312. The lowest BCUT2D eigenvalue weighted by molar-refractivity contribution is -0.385. The SMILES string of the molecule is CC(C)c1nnc(NC(=O)[C@H](C)N2C(=O)c3cccc([N+](=O)[O-])c3C2=O)s1. The standard InChI is InChI=1S/C16H15N5O5S/c1-7(2)13-18-19-16(27-13)17-12(22)8(3)20-14(23)9-5-4-6-10(21(25)26)11(9)15(20)24/h4-8H,1-3H3,(H,17,19,22)/t8-/m0/s1. The Bertz CT molecular complexity index is 970. The van der Waals surface area contributed by atoms with Gasteiger partial charge in [0.1, 0.15) is 16.6 Å². The molecular weight excluding hydrogens is 374 g/mol. The molecule has 3 rings (SSSR count). The third-order valence-corrected chi connectivity index (χ3v) is 5.19. The number of hydrogen-bond donors (Lipinski definition) is 1. The van der Waals surface area contributed by atoms with Gasteiger partial charge in [0.2, 0.25) is 11.0 Å². The highest BCUT2D eigenvalue weighted by Gasteiger charge is 2.44. The summed E-state index contributed by atoms with van der Waals surface area (Å²) in [7, 11) is 0. The number of carbonyl (C=O) groups excluding carboxylic acids is 3. The number of fused-ring (bicyclic) bond motifs is 1. The maximum absolute atomic E-state index is 12.6. The molecule has 1 aliphatic heterocycles. The van der Waals surface area contributed by atoms with Crippen molar-refractivity contribution in [2.45, 2.75) is 32.7 Å². The normalized spacial score (nSPS) is 14.4. The monoisotopic (exact) mass is 389 g/mol. The third kappa shape index (κ3) is 3.16. The molecule has 0 fully saturated rings. The molecule has 1 aromatic heterocycles. The maximum atomic E-state index is 12.6. The number of nitrogens with zero attached hydrogens (tertiary/aromatic N) is 4. The average Bonchev–Trinajstić information content (AvgIpc) is 3.18. The number of amides is 3. The number of nitrogens with one attached hydrogen (secondary N) is 1. The summed E-state index contributed by atoms with van der Waals surface area (Å²) in [5, 5.41) is 22.5. The van der Waals surface area contributed by atoms with E-state index in [9.17, 15) is 24.5 Å². The summed E-state index contributed by atoms with van der Waals surface area (Å²) in [5.41, 5.74) is -0.858. The zero-order valence-electron chi connectivity index (χ0n) is 14.6. The maximum Gasteiger partial charge on any atom is 0.282 e. The molecular formula is C16H15N5O5S. The average molecular weight is 389 g/mol. The van der Waals surface area contributed by atoms with Gasteiger partial charge in [-0.2, -0.15) is 0 Å². The number of anilines is 1. The second kappa shape index (κ2) is 6.83. The molecule has 2 heterocycles. The Morgan fingerprint density at radius 1 is 1.22 bits per heavy atom. The predicted molar refractivity (Wildman–Crippen MR) is 95.7 cm³/mol. The Morgan fingerprint density at radius 2 is 1.93 bits per heavy atom. The molecule has 10 nitrogen and oxygen atoms in total. The summed E-state index contributed by atoms with van der Waals surface area (Å²) in [6, 6.07) is 2.62. The summed E-state index contributed by atoms with van der Waals surface area (Å²) in [6.07, 6.45) is 0. The zero-order valence-corrected chi connectivity index (χ0v) is 15.4. The minimum atomic E-state index is -1.18. The van der Waals surface area contributed by atoms with E-state index in [0.29, 0.717) is 0 Å². The number of hydrogen-bond acceptors (Lipinski definition) is 8. The van der Waals surface area contributed by atoms with Gasteiger partial charge in [-0.1, -0.05) is 31.3 Å². The molecule has 0 aliphatic carbocycles. The molecule has 1 N–H and O–H groups in total. The molecule has 0 spiro atoms. The van der Waals surface area contributed by atoms with Crippen molar-refractivity contribution in [3.8, 4) is 0 Å². The molecule has 1 aliphatic rings. The molecule has 0 bridgehead atoms. The second-order valence-electron chi connectivity index (χ2n) is 6.20. The molecule has 0 saturated carbocycles. The minimum absolute atomic E-state index is 0.0909. The molecule has 3 amide bonds. The van der Waals surface area contributed by atoms with E-state index in [1.54, 1.807) is 0 Å². The lowest BCUT2D eigenvalue weighted by atomic mass is 10.1. The molecule has 0 saturated heterocycles. The lowest BCUT2D eigenvalue weighted by Gasteiger charge is -2.20. The van der Waals surface area contributed by atoms with Gasteiger partial charge in [0.25, 0.3) is 17.5 Å². The van der Waals surface area contributed by atoms with Crippen LogP contribution < -0.4 is 5.32 Å². The van der Waals surface area contributed by atoms with Crippen LogP contribution in [0.2, 0.25) is 0 Å². The summed E-state index contributed by atoms with van der Waals surface area (Å²) in [4.78, 5) is 48.8. The van der Waals surface area contributed by atoms with Gasteiger partial charge in [-0.15, -0.1) is 10.2 Å². The summed E-state index contributed by atoms with van der Waals surface area (Å²) in [6.45, 7) is 5.23. The van der Waals surface area contributed by atoms with Crippen LogP contribution in [0.3, 0.4) is 0 Å².